The topological polar surface area (TPSA) is 62.5 Å². The number of fused-ring (bicyclic) bond motifs is 1. The van der Waals surface area contributed by atoms with E-state index in [0.29, 0.717) is 6.42 Å². The number of nitrogens with zero attached hydrogens (tertiary/aromatic N) is 1. The maximum Gasteiger partial charge on any atom is 0.294 e. The van der Waals surface area contributed by atoms with Crippen LogP contribution in [0, 0.1) is 5.41 Å². The number of aromatic nitrogens is 1. The third-order valence-electron chi connectivity index (χ3n) is 2.76. The number of aliphatic hydroxyl groups is 1. The Bertz CT molecular complexity index is 433. The van der Waals surface area contributed by atoms with E-state index in [4.69, 9.17) is 0 Å². The van der Waals surface area contributed by atoms with Gasteiger partial charge in [0.05, 0.1) is 0 Å². The van der Waals surface area contributed by atoms with Gasteiger partial charge in [0.15, 0.2) is 5.75 Å². The molecule has 0 radical (unpaired) electrons. The molecule has 0 fully saturated rings. The Morgan fingerprint density at radius 3 is 2.79 bits per heavy atom. The van der Waals surface area contributed by atoms with Crippen LogP contribution in [0.1, 0.15) is 25.8 Å². The van der Waals surface area contributed by atoms with Crippen molar-refractivity contribution in [2.24, 2.45) is 5.41 Å². The molecule has 4 heteroatoms. The van der Waals surface area contributed by atoms with Gasteiger partial charge in [-0.2, -0.15) is 0 Å². The molecular formula is C10H13NO3. The van der Waals surface area contributed by atoms with Crippen LogP contribution < -0.4 is 5.56 Å². The Morgan fingerprint density at radius 1 is 1.50 bits per heavy atom. The lowest BCUT2D eigenvalue weighted by atomic mass is 9.89. The van der Waals surface area contributed by atoms with Gasteiger partial charge < -0.3 is 10.2 Å². The zero-order valence-corrected chi connectivity index (χ0v) is 8.19. The first-order chi connectivity index (χ1) is 6.43. The molecule has 4 nitrogen and oxygen atoms in total. The fraction of sp³-hybridized carbons (Fsp3) is 0.500. The highest BCUT2D eigenvalue weighted by Gasteiger charge is 2.38. The second-order valence-corrected chi connectivity index (χ2v) is 4.42. The summed E-state index contributed by atoms with van der Waals surface area (Å²) in [6, 6.07) is 3.05. The van der Waals surface area contributed by atoms with Gasteiger partial charge in [-0.15, -0.1) is 0 Å². The summed E-state index contributed by atoms with van der Waals surface area (Å²) in [5.41, 5.74) is -0.0918. The Hall–Kier alpha value is -1.29. The van der Waals surface area contributed by atoms with Crippen LogP contribution in [0.2, 0.25) is 0 Å². The molecule has 1 unspecified atom stereocenters. The van der Waals surface area contributed by atoms with Crippen molar-refractivity contribution in [3.8, 4) is 5.75 Å². The van der Waals surface area contributed by atoms with Gasteiger partial charge in [0.25, 0.3) is 5.56 Å². The molecule has 76 valence electrons. The molecule has 1 aromatic rings. The van der Waals surface area contributed by atoms with Crippen molar-refractivity contribution >= 4 is 0 Å². The molecule has 1 aliphatic heterocycles. The third kappa shape index (κ3) is 1.07. The molecule has 1 atom stereocenters. The number of hydrogen-bond donors (Lipinski definition) is 2. The van der Waals surface area contributed by atoms with Crippen molar-refractivity contribution < 1.29 is 10.2 Å². The Morgan fingerprint density at radius 2 is 2.14 bits per heavy atom. The van der Waals surface area contributed by atoms with Gasteiger partial charge >= 0.3 is 0 Å². The van der Waals surface area contributed by atoms with Gasteiger partial charge in [-0.3, -0.25) is 9.36 Å². The normalized spacial score (nSPS) is 23.5. The molecule has 1 aromatic heterocycles. The summed E-state index contributed by atoms with van der Waals surface area (Å²) < 4.78 is 1.26. The number of aromatic hydroxyl groups is 1. The van der Waals surface area contributed by atoms with Crippen LogP contribution in [0.5, 0.6) is 5.75 Å². The summed E-state index contributed by atoms with van der Waals surface area (Å²) in [5.74, 6) is -0.314. The number of rotatable bonds is 0. The standard InChI is InChI=1S/C10H13NO3/c1-10(2)5-6-3-4-7(12)8(13)11(6)9(10)14/h3-4,9,12,14H,5H2,1-2H3. The zero-order chi connectivity index (χ0) is 10.5. The van der Waals surface area contributed by atoms with E-state index in [1.807, 2.05) is 13.8 Å². The van der Waals surface area contributed by atoms with Gasteiger partial charge in [-0.05, 0) is 18.6 Å². The predicted molar refractivity (Wildman–Crippen MR) is 51.1 cm³/mol. The quantitative estimate of drug-likeness (QED) is 0.638. The first-order valence-electron chi connectivity index (χ1n) is 4.55. The Kier molecular flexibility index (Phi) is 1.72. The molecule has 0 spiro atoms. The van der Waals surface area contributed by atoms with E-state index >= 15 is 0 Å². The van der Waals surface area contributed by atoms with E-state index in [-0.39, 0.29) is 11.2 Å². The van der Waals surface area contributed by atoms with Crippen LogP contribution in [0.15, 0.2) is 16.9 Å². The van der Waals surface area contributed by atoms with Crippen molar-refractivity contribution in [3.05, 3.63) is 28.2 Å². The number of pyridine rings is 1. The lowest BCUT2D eigenvalue weighted by Crippen LogP contribution is -2.27. The van der Waals surface area contributed by atoms with Crippen molar-refractivity contribution in [1.82, 2.24) is 4.57 Å². The van der Waals surface area contributed by atoms with Crippen LogP contribution in [0.3, 0.4) is 0 Å². The molecule has 0 aliphatic carbocycles. The molecule has 0 saturated carbocycles. The summed E-state index contributed by atoms with van der Waals surface area (Å²) >= 11 is 0. The zero-order valence-electron chi connectivity index (χ0n) is 8.19. The third-order valence-corrected chi connectivity index (χ3v) is 2.76. The van der Waals surface area contributed by atoms with Gasteiger partial charge in [-0.1, -0.05) is 13.8 Å². The van der Waals surface area contributed by atoms with Crippen molar-refractivity contribution in [1.29, 1.82) is 0 Å². The van der Waals surface area contributed by atoms with Crippen LogP contribution in [0.25, 0.3) is 0 Å². The van der Waals surface area contributed by atoms with Crippen molar-refractivity contribution in [2.75, 3.05) is 0 Å². The average Bonchev–Trinajstić information content (AvgIpc) is 2.32. The molecule has 0 aromatic carbocycles. The van der Waals surface area contributed by atoms with E-state index in [1.54, 1.807) is 6.07 Å². The molecule has 2 heterocycles. The summed E-state index contributed by atoms with van der Waals surface area (Å²) in [6.07, 6.45) is -0.207. The Labute approximate surface area is 81.4 Å². The minimum Gasteiger partial charge on any atom is -0.503 e. The smallest absolute Gasteiger partial charge is 0.294 e. The summed E-state index contributed by atoms with van der Waals surface area (Å²) in [4.78, 5) is 11.5. The predicted octanol–water partition coefficient (Wildman–Crippen LogP) is 0.627. The van der Waals surface area contributed by atoms with E-state index in [0.717, 1.165) is 5.69 Å². The highest BCUT2D eigenvalue weighted by molar-refractivity contribution is 5.24. The van der Waals surface area contributed by atoms with Gasteiger partial charge in [0.2, 0.25) is 0 Å². The van der Waals surface area contributed by atoms with Crippen LogP contribution in [-0.4, -0.2) is 14.8 Å². The molecule has 0 saturated heterocycles. The number of aliphatic hydroxyl groups excluding tert-OH is 1. The molecule has 2 N–H and O–H groups in total. The summed E-state index contributed by atoms with van der Waals surface area (Å²) in [7, 11) is 0. The minimum atomic E-state index is -0.850. The highest BCUT2D eigenvalue weighted by atomic mass is 16.3. The number of hydrogen-bond acceptors (Lipinski definition) is 3. The monoisotopic (exact) mass is 195 g/mol. The molecule has 1 aliphatic rings. The van der Waals surface area contributed by atoms with E-state index in [1.165, 1.54) is 10.6 Å². The summed E-state index contributed by atoms with van der Waals surface area (Å²) in [5, 5.41) is 19.1. The van der Waals surface area contributed by atoms with E-state index in [9.17, 15) is 15.0 Å². The molecule has 0 amide bonds. The molecule has 2 rings (SSSR count). The van der Waals surface area contributed by atoms with Crippen LogP contribution in [0.4, 0.5) is 0 Å². The fourth-order valence-electron chi connectivity index (χ4n) is 1.90. The van der Waals surface area contributed by atoms with Crippen molar-refractivity contribution in [3.63, 3.8) is 0 Å². The lowest BCUT2D eigenvalue weighted by molar-refractivity contribution is 0.0119. The highest BCUT2D eigenvalue weighted by Crippen LogP contribution is 2.38. The second-order valence-electron chi connectivity index (χ2n) is 4.42. The molecular weight excluding hydrogens is 182 g/mol. The SMILES string of the molecule is CC1(C)Cc2ccc(O)c(=O)n2C1O. The average molecular weight is 195 g/mol. The van der Waals surface area contributed by atoms with Gasteiger partial charge in [0, 0.05) is 11.1 Å². The van der Waals surface area contributed by atoms with E-state index < -0.39 is 11.8 Å². The first kappa shape index (κ1) is 9.27. The molecule has 0 bridgehead atoms. The largest absolute Gasteiger partial charge is 0.503 e. The van der Waals surface area contributed by atoms with Gasteiger partial charge in [-0.25, -0.2) is 0 Å². The summed E-state index contributed by atoms with van der Waals surface area (Å²) in [6.45, 7) is 3.78. The maximum absolute atomic E-state index is 11.5. The first-order valence-corrected chi connectivity index (χ1v) is 4.55. The van der Waals surface area contributed by atoms with Gasteiger partial charge in [0.1, 0.15) is 6.23 Å². The van der Waals surface area contributed by atoms with Crippen molar-refractivity contribution in [2.45, 2.75) is 26.5 Å². The Balaban J connectivity index is 2.67. The van der Waals surface area contributed by atoms with Crippen LogP contribution >= 0.6 is 0 Å². The lowest BCUT2D eigenvalue weighted by Gasteiger charge is -2.21. The maximum atomic E-state index is 11.5. The molecule has 14 heavy (non-hydrogen) atoms. The van der Waals surface area contributed by atoms with Crippen LogP contribution in [-0.2, 0) is 6.42 Å². The minimum absolute atomic E-state index is 0.314. The van der Waals surface area contributed by atoms with E-state index in [2.05, 4.69) is 0 Å². The fourth-order valence-corrected chi connectivity index (χ4v) is 1.90. The second kappa shape index (κ2) is 2.60.